The summed E-state index contributed by atoms with van der Waals surface area (Å²) < 4.78 is 0. The van der Waals surface area contributed by atoms with E-state index in [1.807, 2.05) is 54.6 Å². The van der Waals surface area contributed by atoms with Gasteiger partial charge in [-0.1, -0.05) is 147 Å². The van der Waals surface area contributed by atoms with E-state index in [1.54, 1.807) is 0 Å². The number of nitrogen functional groups attached to an aromatic ring is 1. The first-order chi connectivity index (χ1) is 26.4. The number of nitrogens with two attached hydrogens (primary N) is 1. The van der Waals surface area contributed by atoms with Crippen molar-refractivity contribution in [1.82, 2.24) is 0 Å². The van der Waals surface area contributed by atoms with Crippen LogP contribution < -0.4 is 11.1 Å². The Morgan fingerprint density at radius 2 is 1.02 bits per heavy atom. The molecule has 0 bridgehead atoms. The standard InChI is InChI=1S/C40H28.C12H12N2/c1-23-24-11-4-7-15-28(24)39(35-21-34-27-14-8-9-18-36(27)40(2,3)37(34)22-33(23)35)32-20-19-31-26-13-6-5-12-25(26)29-16-10-17-30(32)38(29)31;13-11-8-4-5-9-12(11)14-10-6-2-1-3-7-10/h4-22H,1-3H3;1-9,14H,13H2. The summed E-state index contributed by atoms with van der Waals surface area (Å²) in [6.45, 7) is 7.06. The lowest BCUT2D eigenvalue weighted by Crippen LogP contribution is -2.14. The summed E-state index contributed by atoms with van der Waals surface area (Å²) in [5.41, 5.74) is 23.6. The number of aryl methyl sites for hydroxylation is 1. The number of rotatable bonds is 3. The molecule has 0 spiro atoms. The van der Waals surface area contributed by atoms with Crippen molar-refractivity contribution in [3.05, 3.63) is 187 Å². The van der Waals surface area contributed by atoms with Gasteiger partial charge >= 0.3 is 0 Å². The van der Waals surface area contributed by atoms with Gasteiger partial charge in [-0.3, -0.25) is 0 Å². The molecule has 9 aromatic rings. The van der Waals surface area contributed by atoms with Gasteiger partial charge in [0.25, 0.3) is 0 Å². The molecule has 0 heterocycles. The third-order valence-electron chi connectivity index (χ3n) is 11.8. The van der Waals surface area contributed by atoms with Gasteiger partial charge in [-0.2, -0.15) is 0 Å². The smallest absolute Gasteiger partial charge is 0.0617 e. The van der Waals surface area contributed by atoms with Crippen molar-refractivity contribution in [2.45, 2.75) is 26.2 Å². The van der Waals surface area contributed by atoms with Crippen molar-refractivity contribution in [1.29, 1.82) is 0 Å². The van der Waals surface area contributed by atoms with Crippen LogP contribution in [0.3, 0.4) is 0 Å². The number of anilines is 3. The molecule has 0 saturated heterocycles. The summed E-state index contributed by atoms with van der Waals surface area (Å²) in [6.07, 6.45) is 0. The van der Waals surface area contributed by atoms with Crippen LogP contribution in [-0.4, -0.2) is 0 Å². The molecule has 2 heteroatoms. The van der Waals surface area contributed by atoms with Crippen molar-refractivity contribution in [3.63, 3.8) is 0 Å². The number of para-hydroxylation sites is 3. The fourth-order valence-electron chi connectivity index (χ4n) is 9.19. The minimum atomic E-state index is -0.0217. The van der Waals surface area contributed by atoms with E-state index in [0.717, 1.165) is 17.1 Å². The highest BCUT2D eigenvalue weighted by Crippen LogP contribution is 2.54. The Balaban J connectivity index is 0.000000218. The molecule has 0 fully saturated rings. The molecular formula is C52H40N2. The maximum absolute atomic E-state index is 5.81. The van der Waals surface area contributed by atoms with Crippen molar-refractivity contribution in [2.75, 3.05) is 11.1 Å². The molecule has 258 valence electrons. The molecule has 2 nitrogen and oxygen atoms in total. The highest BCUT2D eigenvalue weighted by atomic mass is 14.9. The van der Waals surface area contributed by atoms with Crippen LogP contribution in [0, 0.1) is 6.92 Å². The van der Waals surface area contributed by atoms with Gasteiger partial charge in [0.15, 0.2) is 0 Å². The lowest BCUT2D eigenvalue weighted by Gasteiger charge is -2.23. The van der Waals surface area contributed by atoms with E-state index >= 15 is 0 Å². The Labute approximate surface area is 316 Å². The molecule has 2 aliphatic carbocycles. The summed E-state index contributed by atoms with van der Waals surface area (Å²) in [5, 5.41) is 11.3. The Morgan fingerprint density at radius 3 is 1.80 bits per heavy atom. The molecule has 9 aromatic carbocycles. The predicted octanol–water partition coefficient (Wildman–Crippen LogP) is 14.1. The average molecular weight is 693 g/mol. The second-order valence-electron chi connectivity index (χ2n) is 15.2. The van der Waals surface area contributed by atoms with Gasteiger partial charge in [-0.15, -0.1) is 0 Å². The predicted molar refractivity (Wildman–Crippen MR) is 232 cm³/mol. The molecule has 11 rings (SSSR count). The van der Waals surface area contributed by atoms with Crippen LogP contribution in [0.1, 0.15) is 30.5 Å². The molecule has 2 aliphatic rings. The largest absolute Gasteiger partial charge is 0.397 e. The van der Waals surface area contributed by atoms with E-state index in [2.05, 4.69) is 141 Å². The van der Waals surface area contributed by atoms with Gasteiger partial charge in [0.05, 0.1) is 11.4 Å². The first-order valence-electron chi connectivity index (χ1n) is 18.8. The molecule has 0 saturated carbocycles. The van der Waals surface area contributed by atoms with E-state index < -0.39 is 0 Å². The first kappa shape index (κ1) is 32.0. The zero-order chi connectivity index (χ0) is 36.6. The van der Waals surface area contributed by atoms with E-state index in [4.69, 9.17) is 5.73 Å². The van der Waals surface area contributed by atoms with E-state index in [1.165, 1.54) is 93.5 Å². The molecule has 54 heavy (non-hydrogen) atoms. The summed E-state index contributed by atoms with van der Waals surface area (Å²) in [4.78, 5) is 0. The van der Waals surface area contributed by atoms with Gasteiger partial charge in [0.2, 0.25) is 0 Å². The maximum Gasteiger partial charge on any atom is 0.0617 e. The van der Waals surface area contributed by atoms with Crippen molar-refractivity contribution >= 4 is 49.4 Å². The van der Waals surface area contributed by atoms with Crippen molar-refractivity contribution in [3.8, 4) is 44.5 Å². The Kier molecular flexibility index (Phi) is 7.25. The third-order valence-corrected chi connectivity index (χ3v) is 11.8. The zero-order valence-corrected chi connectivity index (χ0v) is 30.7. The van der Waals surface area contributed by atoms with Gasteiger partial charge in [-0.05, 0) is 137 Å². The lowest BCUT2D eigenvalue weighted by molar-refractivity contribution is 0.661. The van der Waals surface area contributed by atoms with Gasteiger partial charge < -0.3 is 11.1 Å². The molecule has 0 aliphatic heterocycles. The van der Waals surface area contributed by atoms with Crippen LogP contribution >= 0.6 is 0 Å². The Hall–Kier alpha value is -6.64. The minimum absolute atomic E-state index is 0.0217. The normalized spacial score (nSPS) is 12.9. The summed E-state index contributed by atoms with van der Waals surface area (Å²) in [7, 11) is 0. The fourth-order valence-corrected chi connectivity index (χ4v) is 9.19. The molecule has 0 unspecified atom stereocenters. The molecule has 0 aromatic heterocycles. The quantitative estimate of drug-likeness (QED) is 0.143. The minimum Gasteiger partial charge on any atom is -0.397 e. The van der Waals surface area contributed by atoms with E-state index in [9.17, 15) is 0 Å². The van der Waals surface area contributed by atoms with E-state index in [0.29, 0.717) is 0 Å². The van der Waals surface area contributed by atoms with Gasteiger partial charge in [0.1, 0.15) is 0 Å². The molecule has 3 N–H and O–H groups in total. The summed E-state index contributed by atoms with van der Waals surface area (Å²) in [5.74, 6) is 0. The van der Waals surface area contributed by atoms with Crippen LogP contribution in [0.5, 0.6) is 0 Å². The Bertz CT molecular complexity index is 2920. The maximum atomic E-state index is 5.81. The number of nitrogens with one attached hydrogen (secondary N) is 1. The SMILES string of the molecule is Cc1c2ccccc2c(-c2ccc3c4c(cccc24)-c2ccccc2-3)c2cc3c(cc12)C(C)(C)c1ccccc1-3.Nc1ccccc1Nc1ccccc1. The highest BCUT2D eigenvalue weighted by Gasteiger charge is 2.36. The fraction of sp³-hybridized carbons (Fsp3) is 0.0769. The molecular weight excluding hydrogens is 653 g/mol. The van der Waals surface area contributed by atoms with Crippen LogP contribution in [0.2, 0.25) is 0 Å². The molecule has 0 amide bonds. The van der Waals surface area contributed by atoms with Gasteiger partial charge in [-0.25, -0.2) is 0 Å². The summed E-state index contributed by atoms with van der Waals surface area (Å²) >= 11 is 0. The molecule has 0 atom stereocenters. The number of hydrogen-bond donors (Lipinski definition) is 2. The summed E-state index contributed by atoms with van der Waals surface area (Å²) in [6, 6.07) is 61.1. The average Bonchev–Trinajstić information content (AvgIpc) is 3.65. The van der Waals surface area contributed by atoms with Crippen molar-refractivity contribution in [2.24, 2.45) is 0 Å². The monoisotopic (exact) mass is 692 g/mol. The van der Waals surface area contributed by atoms with Crippen LogP contribution in [0.15, 0.2) is 170 Å². The van der Waals surface area contributed by atoms with Crippen molar-refractivity contribution < 1.29 is 0 Å². The van der Waals surface area contributed by atoms with Gasteiger partial charge in [0, 0.05) is 11.1 Å². The number of benzene rings is 9. The van der Waals surface area contributed by atoms with Crippen LogP contribution in [0.4, 0.5) is 17.1 Å². The topological polar surface area (TPSA) is 38.0 Å². The van der Waals surface area contributed by atoms with E-state index in [-0.39, 0.29) is 5.41 Å². The third kappa shape index (κ3) is 4.80. The second kappa shape index (κ2) is 12.2. The van der Waals surface area contributed by atoms with Crippen LogP contribution in [-0.2, 0) is 5.41 Å². The lowest BCUT2D eigenvalue weighted by atomic mass is 9.80. The Morgan fingerprint density at radius 1 is 0.426 bits per heavy atom. The van der Waals surface area contributed by atoms with Crippen LogP contribution in [0.25, 0.3) is 76.8 Å². The molecule has 0 radical (unpaired) electrons. The zero-order valence-electron chi connectivity index (χ0n) is 30.7. The first-order valence-corrected chi connectivity index (χ1v) is 18.8. The highest BCUT2D eigenvalue weighted by molar-refractivity contribution is 6.24. The second-order valence-corrected chi connectivity index (χ2v) is 15.2. The number of hydrogen-bond acceptors (Lipinski definition) is 2. The number of fused-ring (bicyclic) bond motifs is 8.